The van der Waals surface area contributed by atoms with Crippen molar-refractivity contribution in [2.75, 3.05) is 0 Å². The molecule has 0 aliphatic rings. The van der Waals surface area contributed by atoms with Gasteiger partial charge >= 0.3 is 0 Å². The molecule has 0 N–H and O–H groups in total. The Kier molecular flexibility index (Phi) is 4.70. The molecular formula is C25H29N3. The number of fused-ring (bicyclic) bond motifs is 3. The van der Waals surface area contributed by atoms with Crippen molar-refractivity contribution in [2.45, 2.75) is 60.4 Å². The van der Waals surface area contributed by atoms with Crippen molar-refractivity contribution >= 4 is 21.8 Å². The van der Waals surface area contributed by atoms with Crippen LogP contribution in [0.2, 0.25) is 0 Å². The van der Waals surface area contributed by atoms with Gasteiger partial charge in [-0.15, -0.1) is 0 Å². The third kappa shape index (κ3) is 2.81. The molecule has 0 fully saturated rings. The van der Waals surface area contributed by atoms with Crippen molar-refractivity contribution in [3.8, 4) is 11.3 Å². The minimum Gasteiger partial charge on any atom is -0.344 e. The van der Waals surface area contributed by atoms with Crippen molar-refractivity contribution in [3.05, 3.63) is 59.0 Å². The smallest absolute Gasteiger partial charge is 0.0989 e. The summed E-state index contributed by atoms with van der Waals surface area (Å²) in [5.41, 5.74) is 9.38. The van der Waals surface area contributed by atoms with Crippen LogP contribution in [0.25, 0.3) is 33.1 Å². The second-order valence-corrected chi connectivity index (χ2v) is 7.98. The summed E-state index contributed by atoms with van der Waals surface area (Å²) in [5, 5.41) is 2.44. The number of hydrogen-bond acceptors (Lipinski definition) is 2. The molecule has 0 atom stereocenters. The van der Waals surface area contributed by atoms with E-state index in [1.807, 2.05) is 6.20 Å². The fraction of sp³-hybridized carbons (Fsp3) is 0.360. The minimum atomic E-state index is 0.502. The third-order valence-corrected chi connectivity index (χ3v) is 6.01. The first-order valence-electron chi connectivity index (χ1n) is 10.3. The Bertz CT molecular complexity index is 1160. The molecule has 0 aliphatic carbocycles. The van der Waals surface area contributed by atoms with E-state index in [1.165, 1.54) is 38.5 Å². The normalized spacial score (nSPS) is 11.8. The lowest BCUT2D eigenvalue weighted by molar-refractivity contribution is 0.486. The van der Waals surface area contributed by atoms with Gasteiger partial charge in [-0.05, 0) is 63.8 Å². The summed E-state index contributed by atoms with van der Waals surface area (Å²) >= 11 is 0. The van der Waals surface area contributed by atoms with Crippen LogP contribution in [0, 0.1) is 27.7 Å². The fourth-order valence-electron chi connectivity index (χ4n) is 4.73. The van der Waals surface area contributed by atoms with Gasteiger partial charge in [0, 0.05) is 40.5 Å². The van der Waals surface area contributed by atoms with Gasteiger partial charge in [-0.2, -0.15) is 0 Å². The molecule has 0 radical (unpaired) electrons. The number of benzene rings is 1. The Balaban J connectivity index is 2.11. The highest BCUT2D eigenvalue weighted by Gasteiger charge is 2.19. The number of aromatic nitrogens is 3. The molecule has 0 saturated heterocycles. The summed E-state index contributed by atoms with van der Waals surface area (Å²) in [7, 11) is 0. The lowest BCUT2D eigenvalue weighted by atomic mass is 9.95. The second kappa shape index (κ2) is 7.05. The van der Waals surface area contributed by atoms with E-state index in [2.05, 4.69) is 76.6 Å². The molecule has 1 aromatic carbocycles. The van der Waals surface area contributed by atoms with Crippen LogP contribution in [0.1, 0.15) is 55.1 Å². The maximum Gasteiger partial charge on any atom is 0.0989 e. The lowest BCUT2D eigenvalue weighted by Crippen LogP contribution is -2.06. The van der Waals surface area contributed by atoms with Gasteiger partial charge in [-0.3, -0.25) is 9.97 Å². The highest BCUT2D eigenvalue weighted by Crippen LogP contribution is 2.36. The lowest BCUT2D eigenvalue weighted by Gasteiger charge is -2.19. The number of nitrogens with zero attached hydrogens (tertiary/aromatic N) is 3. The van der Waals surface area contributed by atoms with Gasteiger partial charge in [0.15, 0.2) is 0 Å². The highest BCUT2D eigenvalue weighted by atomic mass is 15.0. The van der Waals surface area contributed by atoms with Crippen molar-refractivity contribution in [2.24, 2.45) is 0 Å². The van der Waals surface area contributed by atoms with E-state index in [4.69, 9.17) is 9.97 Å². The number of rotatable bonds is 4. The van der Waals surface area contributed by atoms with Crippen LogP contribution in [-0.2, 0) is 0 Å². The summed E-state index contributed by atoms with van der Waals surface area (Å²) < 4.78 is 2.45. The molecule has 0 amide bonds. The topological polar surface area (TPSA) is 30.7 Å². The molecule has 3 heterocycles. The van der Waals surface area contributed by atoms with Gasteiger partial charge in [0.2, 0.25) is 0 Å². The maximum absolute atomic E-state index is 5.03. The first kappa shape index (κ1) is 18.7. The minimum absolute atomic E-state index is 0.502. The van der Waals surface area contributed by atoms with E-state index in [0.717, 1.165) is 29.7 Å². The summed E-state index contributed by atoms with van der Waals surface area (Å²) in [6, 6.07) is 9.33. The number of pyridine rings is 2. The third-order valence-electron chi connectivity index (χ3n) is 6.01. The maximum atomic E-state index is 5.03. The molecule has 0 spiro atoms. The number of hydrogen-bond donors (Lipinski definition) is 0. The molecule has 0 saturated carbocycles. The molecule has 3 heteroatoms. The van der Waals surface area contributed by atoms with Crippen LogP contribution >= 0.6 is 0 Å². The van der Waals surface area contributed by atoms with E-state index in [-0.39, 0.29) is 0 Å². The van der Waals surface area contributed by atoms with Crippen molar-refractivity contribution < 1.29 is 0 Å². The second-order valence-electron chi connectivity index (χ2n) is 7.98. The van der Waals surface area contributed by atoms with Gasteiger partial charge < -0.3 is 4.57 Å². The Labute approximate surface area is 167 Å². The van der Waals surface area contributed by atoms with Crippen LogP contribution in [0.5, 0.6) is 0 Å². The molecule has 3 aromatic heterocycles. The van der Waals surface area contributed by atoms with E-state index in [0.29, 0.717) is 6.04 Å². The first-order valence-corrected chi connectivity index (χ1v) is 10.3. The highest BCUT2D eigenvalue weighted by molar-refractivity contribution is 6.09. The molecular weight excluding hydrogens is 342 g/mol. The Morgan fingerprint density at radius 1 is 0.929 bits per heavy atom. The van der Waals surface area contributed by atoms with Gasteiger partial charge in [0.25, 0.3) is 0 Å². The zero-order valence-electron chi connectivity index (χ0n) is 17.8. The standard InChI is InChI=1S/C25H29N3/c1-7-19(8-2)28-12-10-20-18(6)27-23-21(25(20)28)9-11-26-24(23)22-16(4)13-15(3)14-17(22)5/h9-14,19H,7-8H2,1-6H3. The molecule has 0 aliphatic heterocycles. The quantitative estimate of drug-likeness (QED) is 0.393. The fourth-order valence-corrected chi connectivity index (χ4v) is 4.73. The van der Waals surface area contributed by atoms with E-state index < -0.39 is 0 Å². The molecule has 4 aromatic rings. The summed E-state index contributed by atoms with van der Waals surface area (Å²) in [6.45, 7) is 13.1. The Morgan fingerprint density at radius 3 is 2.25 bits per heavy atom. The van der Waals surface area contributed by atoms with Crippen molar-refractivity contribution in [1.82, 2.24) is 14.5 Å². The monoisotopic (exact) mass is 371 g/mol. The van der Waals surface area contributed by atoms with Crippen LogP contribution < -0.4 is 0 Å². The average Bonchev–Trinajstić information content (AvgIpc) is 3.09. The van der Waals surface area contributed by atoms with E-state index >= 15 is 0 Å². The van der Waals surface area contributed by atoms with Crippen LogP contribution in [0.4, 0.5) is 0 Å². The summed E-state index contributed by atoms with van der Waals surface area (Å²) in [6.07, 6.45) is 6.42. The van der Waals surface area contributed by atoms with E-state index in [9.17, 15) is 0 Å². The van der Waals surface area contributed by atoms with Crippen LogP contribution in [0.3, 0.4) is 0 Å². The Morgan fingerprint density at radius 2 is 1.61 bits per heavy atom. The molecule has 0 bridgehead atoms. The molecule has 0 unspecified atom stereocenters. The zero-order valence-corrected chi connectivity index (χ0v) is 17.8. The molecule has 28 heavy (non-hydrogen) atoms. The van der Waals surface area contributed by atoms with Crippen LogP contribution in [-0.4, -0.2) is 14.5 Å². The van der Waals surface area contributed by atoms with Gasteiger partial charge in [-0.1, -0.05) is 31.5 Å². The SMILES string of the molecule is CCC(CC)n1ccc2c(C)nc3c(-c4c(C)cc(C)cc4C)nccc3c21. The summed E-state index contributed by atoms with van der Waals surface area (Å²) in [5.74, 6) is 0. The van der Waals surface area contributed by atoms with E-state index in [1.54, 1.807) is 0 Å². The molecule has 144 valence electrons. The first-order chi connectivity index (χ1) is 13.5. The Hall–Kier alpha value is -2.68. The van der Waals surface area contributed by atoms with Crippen LogP contribution in [0.15, 0.2) is 36.7 Å². The average molecular weight is 372 g/mol. The van der Waals surface area contributed by atoms with Gasteiger partial charge in [0.05, 0.1) is 16.7 Å². The zero-order chi connectivity index (χ0) is 20.0. The van der Waals surface area contributed by atoms with Gasteiger partial charge in [-0.25, -0.2) is 0 Å². The predicted octanol–water partition coefficient (Wildman–Crippen LogP) is 6.85. The largest absolute Gasteiger partial charge is 0.344 e. The molecule has 4 rings (SSSR count). The number of aryl methyl sites for hydroxylation is 4. The van der Waals surface area contributed by atoms with Crippen molar-refractivity contribution in [3.63, 3.8) is 0 Å². The predicted molar refractivity (Wildman–Crippen MR) is 119 cm³/mol. The summed E-state index contributed by atoms with van der Waals surface area (Å²) in [4.78, 5) is 9.84. The van der Waals surface area contributed by atoms with Gasteiger partial charge in [0.1, 0.15) is 0 Å². The molecule has 3 nitrogen and oxygen atoms in total. The van der Waals surface area contributed by atoms with Crippen molar-refractivity contribution in [1.29, 1.82) is 0 Å².